The minimum Gasteiger partial charge on any atom is -0.237 e. The zero-order valence-corrected chi connectivity index (χ0v) is 10.2. The highest BCUT2D eigenvalue weighted by Crippen LogP contribution is 2.24. The number of pyridine rings is 1. The predicted octanol–water partition coefficient (Wildman–Crippen LogP) is 3.01. The summed E-state index contributed by atoms with van der Waals surface area (Å²) in [5.41, 5.74) is 3.61. The number of aryl methyl sites for hydroxylation is 1. The van der Waals surface area contributed by atoms with Crippen molar-refractivity contribution in [1.29, 1.82) is 0 Å². The SMILES string of the molecule is Cc1nn(-c2ccccn2)c(C)c1C(C)C. The summed E-state index contributed by atoms with van der Waals surface area (Å²) >= 11 is 0. The fourth-order valence-corrected chi connectivity index (χ4v) is 2.19. The van der Waals surface area contributed by atoms with Crippen molar-refractivity contribution in [3.05, 3.63) is 41.3 Å². The molecule has 84 valence electrons. The van der Waals surface area contributed by atoms with Crippen molar-refractivity contribution in [3.63, 3.8) is 0 Å². The zero-order valence-electron chi connectivity index (χ0n) is 10.2. The molecule has 0 radical (unpaired) electrons. The smallest absolute Gasteiger partial charge is 0.153 e. The normalized spacial score (nSPS) is 11.1. The van der Waals surface area contributed by atoms with E-state index in [0.29, 0.717) is 5.92 Å². The van der Waals surface area contributed by atoms with Gasteiger partial charge in [0.05, 0.1) is 5.69 Å². The topological polar surface area (TPSA) is 30.7 Å². The fraction of sp³-hybridized carbons (Fsp3) is 0.385. The molecule has 2 aromatic rings. The van der Waals surface area contributed by atoms with Gasteiger partial charge in [-0.2, -0.15) is 5.10 Å². The lowest BCUT2D eigenvalue weighted by molar-refractivity contribution is 0.800. The van der Waals surface area contributed by atoms with Crippen LogP contribution >= 0.6 is 0 Å². The first kappa shape index (κ1) is 10.9. The van der Waals surface area contributed by atoms with Crippen molar-refractivity contribution in [2.24, 2.45) is 0 Å². The van der Waals surface area contributed by atoms with E-state index in [0.717, 1.165) is 11.5 Å². The molecule has 16 heavy (non-hydrogen) atoms. The van der Waals surface area contributed by atoms with Gasteiger partial charge in [-0.15, -0.1) is 0 Å². The van der Waals surface area contributed by atoms with Crippen LogP contribution in [-0.2, 0) is 0 Å². The predicted molar refractivity (Wildman–Crippen MR) is 64.9 cm³/mol. The van der Waals surface area contributed by atoms with Crippen molar-refractivity contribution in [2.75, 3.05) is 0 Å². The van der Waals surface area contributed by atoms with Crippen LogP contribution in [0.2, 0.25) is 0 Å². The first-order valence-electron chi connectivity index (χ1n) is 5.58. The molecule has 0 spiro atoms. The first-order valence-corrected chi connectivity index (χ1v) is 5.58. The zero-order chi connectivity index (χ0) is 11.7. The summed E-state index contributed by atoms with van der Waals surface area (Å²) in [6.45, 7) is 8.55. The Bertz CT molecular complexity index is 483. The highest BCUT2D eigenvalue weighted by Gasteiger charge is 2.15. The van der Waals surface area contributed by atoms with Gasteiger partial charge in [-0.3, -0.25) is 0 Å². The Morgan fingerprint density at radius 2 is 1.94 bits per heavy atom. The molecule has 2 aromatic heterocycles. The average molecular weight is 215 g/mol. The molecule has 0 amide bonds. The van der Waals surface area contributed by atoms with Crippen LogP contribution in [0.25, 0.3) is 5.82 Å². The van der Waals surface area contributed by atoms with Crippen molar-refractivity contribution < 1.29 is 0 Å². The lowest BCUT2D eigenvalue weighted by atomic mass is 10.0. The Labute approximate surface area is 96.1 Å². The molecule has 0 unspecified atom stereocenters. The standard InChI is InChI=1S/C13H17N3/c1-9(2)13-10(3)15-16(11(13)4)12-7-5-6-8-14-12/h5-9H,1-4H3. The largest absolute Gasteiger partial charge is 0.237 e. The molecule has 0 bridgehead atoms. The minimum absolute atomic E-state index is 0.498. The monoisotopic (exact) mass is 215 g/mol. The van der Waals surface area contributed by atoms with Crippen LogP contribution in [-0.4, -0.2) is 14.8 Å². The van der Waals surface area contributed by atoms with E-state index >= 15 is 0 Å². The highest BCUT2D eigenvalue weighted by molar-refractivity contribution is 5.34. The molecule has 0 aliphatic rings. The Morgan fingerprint density at radius 1 is 1.19 bits per heavy atom. The van der Waals surface area contributed by atoms with E-state index in [2.05, 4.69) is 37.8 Å². The molecule has 0 aromatic carbocycles. The molecule has 3 nitrogen and oxygen atoms in total. The number of nitrogens with zero attached hydrogens (tertiary/aromatic N) is 3. The second-order valence-corrected chi connectivity index (χ2v) is 4.34. The van der Waals surface area contributed by atoms with Gasteiger partial charge in [0.1, 0.15) is 0 Å². The van der Waals surface area contributed by atoms with Gasteiger partial charge in [-0.1, -0.05) is 19.9 Å². The summed E-state index contributed by atoms with van der Waals surface area (Å²) < 4.78 is 1.92. The molecular formula is C13H17N3. The van der Waals surface area contributed by atoms with Gasteiger partial charge >= 0.3 is 0 Å². The van der Waals surface area contributed by atoms with Gasteiger partial charge in [-0.05, 0) is 37.5 Å². The van der Waals surface area contributed by atoms with E-state index in [1.165, 1.54) is 11.3 Å². The molecule has 0 N–H and O–H groups in total. The van der Waals surface area contributed by atoms with Gasteiger partial charge in [0.15, 0.2) is 5.82 Å². The summed E-state index contributed by atoms with van der Waals surface area (Å²) in [4.78, 5) is 4.32. The molecule has 2 rings (SSSR count). The van der Waals surface area contributed by atoms with Gasteiger partial charge in [0.2, 0.25) is 0 Å². The van der Waals surface area contributed by atoms with E-state index in [9.17, 15) is 0 Å². The molecule has 2 heterocycles. The van der Waals surface area contributed by atoms with E-state index in [4.69, 9.17) is 0 Å². The van der Waals surface area contributed by atoms with Crippen LogP contribution in [0, 0.1) is 13.8 Å². The molecule has 3 heteroatoms. The van der Waals surface area contributed by atoms with Crippen molar-refractivity contribution >= 4 is 0 Å². The third-order valence-electron chi connectivity index (χ3n) is 2.79. The number of rotatable bonds is 2. The molecule has 0 atom stereocenters. The molecular weight excluding hydrogens is 198 g/mol. The summed E-state index contributed by atoms with van der Waals surface area (Å²) in [5.74, 6) is 1.38. The first-order chi connectivity index (χ1) is 7.61. The third kappa shape index (κ3) is 1.73. The van der Waals surface area contributed by atoms with Gasteiger partial charge in [-0.25, -0.2) is 9.67 Å². The molecule has 0 aliphatic heterocycles. The van der Waals surface area contributed by atoms with Crippen molar-refractivity contribution in [3.8, 4) is 5.82 Å². The third-order valence-corrected chi connectivity index (χ3v) is 2.79. The van der Waals surface area contributed by atoms with Crippen molar-refractivity contribution in [1.82, 2.24) is 14.8 Å². The number of hydrogen-bond donors (Lipinski definition) is 0. The van der Waals surface area contributed by atoms with Crippen LogP contribution in [0.5, 0.6) is 0 Å². The number of aromatic nitrogens is 3. The molecule has 0 saturated heterocycles. The Hall–Kier alpha value is -1.64. The molecule has 0 fully saturated rings. The second-order valence-electron chi connectivity index (χ2n) is 4.34. The lowest BCUT2D eigenvalue weighted by Crippen LogP contribution is -2.01. The van der Waals surface area contributed by atoms with E-state index in [1.807, 2.05) is 22.9 Å². The van der Waals surface area contributed by atoms with Gasteiger partial charge in [0.25, 0.3) is 0 Å². The summed E-state index contributed by atoms with van der Waals surface area (Å²) in [5, 5.41) is 4.56. The maximum absolute atomic E-state index is 4.56. The minimum atomic E-state index is 0.498. The second kappa shape index (κ2) is 4.08. The summed E-state index contributed by atoms with van der Waals surface area (Å²) in [7, 11) is 0. The molecule has 0 aliphatic carbocycles. The number of hydrogen-bond acceptors (Lipinski definition) is 2. The highest BCUT2D eigenvalue weighted by atomic mass is 15.3. The van der Waals surface area contributed by atoms with Crippen molar-refractivity contribution in [2.45, 2.75) is 33.6 Å². The molecule has 0 saturated carbocycles. The maximum atomic E-state index is 4.56. The van der Waals surface area contributed by atoms with E-state index < -0.39 is 0 Å². The Balaban J connectivity index is 2.56. The van der Waals surface area contributed by atoms with Crippen LogP contribution in [0.1, 0.15) is 36.7 Å². The summed E-state index contributed by atoms with van der Waals surface area (Å²) in [6, 6.07) is 5.87. The van der Waals surface area contributed by atoms with Gasteiger partial charge < -0.3 is 0 Å². The van der Waals surface area contributed by atoms with E-state index in [1.54, 1.807) is 6.20 Å². The maximum Gasteiger partial charge on any atom is 0.153 e. The average Bonchev–Trinajstić information content (AvgIpc) is 2.55. The Kier molecular flexibility index (Phi) is 2.77. The van der Waals surface area contributed by atoms with Crippen LogP contribution < -0.4 is 0 Å². The van der Waals surface area contributed by atoms with Gasteiger partial charge in [0, 0.05) is 11.9 Å². The van der Waals surface area contributed by atoms with E-state index in [-0.39, 0.29) is 0 Å². The van der Waals surface area contributed by atoms with Crippen LogP contribution in [0.3, 0.4) is 0 Å². The van der Waals surface area contributed by atoms with Crippen LogP contribution in [0.4, 0.5) is 0 Å². The summed E-state index contributed by atoms with van der Waals surface area (Å²) in [6.07, 6.45) is 1.79. The van der Waals surface area contributed by atoms with Crippen LogP contribution in [0.15, 0.2) is 24.4 Å². The lowest BCUT2D eigenvalue weighted by Gasteiger charge is -2.06. The fourth-order valence-electron chi connectivity index (χ4n) is 2.19. The Morgan fingerprint density at radius 3 is 2.44 bits per heavy atom. The quantitative estimate of drug-likeness (QED) is 0.771.